The van der Waals surface area contributed by atoms with Crippen molar-refractivity contribution in [1.29, 1.82) is 0 Å². The predicted octanol–water partition coefficient (Wildman–Crippen LogP) is 7.58. The molecule has 1 aromatic heterocycles. The van der Waals surface area contributed by atoms with Gasteiger partial charge in [0.25, 0.3) is 0 Å². The number of carbonyl (C=O) groups excluding carboxylic acids is 1. The van der Waals surface area contributed by atoms with Crippen molar-refractivity contribution >= 4 is 46.5 Å². The second kappa shape index (κ2) is 10.4. The lowest BCUT2D eigenvalue weighted by molar-refractivity contribution is -0.134. The molecule has 186 valence electrons. The average molecular weight is 504 g/mol. The van der Waals surface area contributed by atoms with Gasteiger partial charge in [-0.25, -0.2) is 9.78 Å². The van der Waals surface area contributed by atoms with Crippen molar-refractivity contribution in [2.24, 2.45) is 11.8 Å². The van der Waals surface area contributed by atoms with Gasteiger partial charge < -0.3 is 14.6 Å². The molecule has 0 spiro atoms. The summed E-state index contributed by atoms with van der Waals surface area (Å²) in [5.41, 5.74) is -1.10. The normalized spacial score (nSPS) is 20.9. The molecule has 35 heavy (non-hydrogen) atoms. The van der Waals surface area contributed by atoms with Gasteiger partial charge in [0.2, 0.25) is 5.95 Å². The summed E-state index contributed by atoms with van der Waals surface area (Å²) < 4.78 is 44.9. The smallest absolute Gasteiger partial charge is 0.446 e. The number of hydrogen-bond donors (Lipinski definition) is 1. The highest BCUT2D eigenvalue weighted by Crippen LogP contribution is 2.41. The maximum atomic E-state index is 12.7. The van der Waals surface area contributed by atoms with Crippen molar-refractivity contribution < 1.29 is 22.7 Å². The molecule has 4 rings (SSSR count). The number of anilines is 2. The van der Waals surface area contributed by atoms with Crippen LogP contribution in [0.3, 0.4) is 0 Å². The molecule has 0 saturated heterocycles. The second-order valence-electron chi connectivity index (χ2n) is 9.18. The summed E-state index contributed by atoms with van der Waals surface area (Å²) >= 11 is -0.132. The summed E-state index contributed by atoms with van der Waals surface area (Å²) in [7, 11) is 1.33. The van der Waals surface area contributed by atoms with Crippen LogP contribution in [0.25, 0.3) is 17.1 Å². The third-order valence-corrected chi connectivity index (χ3v) is 6.93. The number of halogens is 3. The number of nitrogens with one attached hydrogen (secondary N) is 1. The quantitative estimate of drug-likeness (QED) is 0.214. The number of alkyl halides is 3. The molecule has 1 N–H and O–H groups in total. The lowest BCUT2D eigenvalue weighted by atomic mass is 9.80. The maximum absolute atomic E-state index is 12.7. The largest absolute Gasteiger partial charge is 0.466 e. The number of esters is 1. The van der Waals surface area contributed by atoms with E-state index < -0.39 is 11.5 Å². The molecule has 0 aliphatic heterocycles. The number of methoxy groups -OCH3 is 1. The van der Waals surface area contributed by atoms with Gasteiger partial charge in [0.15, 0.2) is 0 Å². The van der Waals surface area contributed by atoms with Crippen LogP contribution in [0.1, 0.15) is 44.7 Å². The third kappa shape index (κ3) is 6.39. The Hall–Kier alpha value is -2.94. The zero-order valence-corrected chi connectivity index (χ0v) is 20.6. The van der Waals surface area contributed by atoms with Gasteiger partial charge in [-0.3, -0.25) is 0 Å². The molecule has 0 bridgehead atoms. The van der Waals surface area contributed by atoms with Gasteiger partial charge in [0.1, 0.15) is 0 Å². The molecule has 1 fully saturated rings. The van der Waals surface area contributed by atoms with Gasteiger partial charge in [0, 0.05) is 22.7 Å². The summed E-state index contributed by atoms with van der Waals surface area (Å²) in [5.74, 6) is 1.37. The van der Waals surface area contributed by atoms with E-state index in [1.54, 1.807) is 18.2 Å². The number of aromatic nitrogens is 2. The van der Waals surface area contributed by atoms with Crippen LogP contribution in [0, 0.1) is 11.8 Å². The Balaban J connectivity index is 1.70. The van der Waals surface area contributed by atoms with E-state index >= 15 is 0 Å². The molecule has 3 aromatic rings. The number of thioether (sulfide) groups is 1. The second-order valence-corrected chi connectivity index (χ2v) is 10.3. The molecule has 2 aromatic carbocycles. The minimum absolute atomic E-state index is 0.132. The summed E-state index contributed by atoms with van der Waals surface area (Å²) in [5, 5.41) is 3.33. The highest BCUT2D eigenvalue weighted by atomic mass is 32.2. The van der Waals surface area contributed by atoms with Crippen molar-refractivity contribution in [3.63, 3.8) is 0 Å². The Morgan fingerprint density at radius 1 is 1.11 bits per heavy atom. The number of ether oxygens (including phenoxy) is 1. The summed E-state index contributed by atoms with van der Waals surface area (Å²) in [6, 6.07) is 12.3. The first-order chi connectivity index (χ1) is 16.6. The van der Waals surface area contributed by atoms with E-state index in [0.717, 1.165) is 29.4 Å². The molecule has 2 unspecified atom stereocenters. The Morgan fingerprint density at radius 3 is 2.43 bits per heavy atom. The lowest BCUT2D eigenvalue weighted by Gasteiger charge is -2.33. The van der Waals surface area contributed by atoms with Gasteiger partial charge in [-0.1, -0.05) is 19.9 Å². The Labute approximate surface area is 206 Å². The fraction of sp³-hybridized carbons (Fsp3) is 0.385. The van der Waals surface area contributed by atoms with Crippen molar-refractivity contribution in [3.05, 3.63) is 54.1 Å². The van der Waals surface area contributed by atoms with E-state index in [1.807, 2.05) is 18.2 Å². The molecule has 9 heteroatoms. The van der Waals surface area contributed by atoms with Gasteiger partial charge >= 0.3 is 11.5 Å². The average Bonchev–Trinajstić information content (AvgIpc) is 3.14. The zero-order valence-electron chi connectivity index (χ0n) is 19.8. The van der Waals surface area contributed by atoms with Crippen molar-refractivity contribution in [2.45, 2.75) is 49.6 Å². The van der Waals surface area contributed by atoms with E-state index in [2.05, 4.69) is 28.5 Å². The molecule has 1 heterocycles. The SMILES string of the molecule is COC(=O)/C=C/c1ccc2c(c1)nc(Nc1ccc(SC(F)(F)F)cc1)n2C1CC(C)CC(C)C1. The third-order valence-electron chi connectivity index (χ3n) is 6.19. The van der Waals surface area contributed by atoms with E-state index in [-0.39, 0.29) is 22.7 Å². The number of imidazole rings is 1. The van der Waals surface area contributed by atoms with E-state index in [9.17, 15) is 18.0 Å². The number of carbonyl (C=O) groups is 1. The molecule has 2 atom stereocenters. The Kier molecular flexibility index (Phi) is 7.44. The number of rotatable bonds is 6. The predicted molar refractivity (Wildman–Crippen MR) is 134 cm³/mol. The van der Waals surface area contributed by atoms with Crippen LogP contribution in [0.5, 0.6) is 0 Å². The standard InChI is InChI=1S/C26H28F3N3O2S/c1-16-12-17(2)14-20(13-16)32-23-10-4-18(5-11-24(33)34-3)15-22(23)31-25(32)30-19-6-8-21(9-7-19)35-26(27,28)29/h4-11,15-17,20H,12-14H2,1-3H3,(H,30,31)/b11-5+. The number of fused-ring (bicyclic) bond motifs is 1. The minimum atomic E-state index is -4.32. The minimum Gasteiger partial charge on any atom is -0.466 e. The van der Waals surface area contributed by atoms with Crippen molar-refractivity contribution in [2.75, 3.05) is 12.4 Å². The number of benzene rings is 2. The van der Waals surface area contributed by atoms with Crippen molar-refractivity contribution in [1.82, 2.24) is 9.55 Å². The molecule has 1 aliphatic carbocycles. The Morgan fingerprint density at radius 2 is 1.80 bits per heavy atom. The van der Waals surface area contributed by atoms with Crippen molar-refractivity contribution in [3.8, 4) is 0 Å². The highest BCUT2D eigenvalue weighted by Gasteiger charge is 2.30. The van der Waals surface area contributed by atoms with E-state index in [0.29, 0.717) is 23.5 Å². The molecule has 1 saturated carbocycles. The molecular formula is C26H28F3N3O2S. The topological polar surface area (TPSA) is 56.1 Å². The summed E-state index contributed by atoms with van der Waals surface area (Å²) in [6.07, 6.45) is 6.28. The van der Waals surface area contributed by atoms with E-state index in [4.69, 9.17) is 4.98 Å². The molecule has 0 amide bonds. The molecular weight excluding hydrogens is 475 g/mol. The maximum Gasteiger partial charge on any atom is 0.446 e. The zero-order chi connectivity index (χ0) is 25.2. The van der Waals surface area contributed by atoms with E-state index in [1.165, 1.54) is 31.7 Å². The van der Waals surface area contributed by atoms with Gasteiger partial charge in [-0.15, -0.1) is 0 Å². The fourth-order valence-electron chi connectivity index (χ4n) is 4.89. The van der Waals surface area contributed by atoms with Crippen LogP contribution in [0.4, 0.5) is 24.8 Å². The van der Waals surface area contributed by atoms with Crippen LogP contribution in [0.15, 0.2) is 53.4 Å². The van der Waals surface area contributed by atoms with Gasteiger partial charge in [-0.2, -0.15) is 13.2 Å². The first kappa shape index (κ1) is 25.2. The summed E-state index contributed by atoms with van der Waals surface area (Å²) in [6.45, 7) is 4.53. The number of hydrogen-bond acceptors (Lipinski definition) is 5. The molecule has 1 aliphatic rings. The first-order valence-electron chi connectivity index (χ1n) is 11.5. The Bertz CT molecular complexity index is 1210. The van der Waals surface area contributed by atoms with Crippen LogP contribution in [-0.4, -0.2) is 28.1 Å². The van der Waals surface area contributed by atoms with Gasteiger partial charge in [-0.05, 0) is 90.9 Å². The summed E-state index contributed by atoms with van der Waals surface area (Å²) in [4.78, 5) is 16.4. The van der Waals surface area contributed by atoms with Crippen LogP contribution in [-0.2, 0) is 9.53 Å². The first-order valence-corrected chi connectivity index (χ1v) is 12.3. The monoisotopic (exact) mass is 503 g/mol. The number of nitrogens with zero attached hydrogens (tertiary/aromatic N) is 2. The fourth-order valence-corrected chi connectivity index (χ4v) is 5.43. The van der Waals surface area contributed by atoms with Crippen LogP contribution in [0.2, 0.25) is 0 Å². The highest BCUT2D eigenvalue weighted by molar-refractivity contribution is 8.00. The van der Waals surface area contributed by atoms with Crippen LogP contribution >= 0.6 is 11.8 Å². The molecule has 0 radical (unpaired) electrons. The van der Waals surface area contributed by atoms with Crippen LogP contribution < -0.4 is 5.32 Å². The van der Waals surface area contributed by atoms with Gasteiger partial charge in [0.05, 0.1) is 18.1 Å². The molecule has 5 nitrogen and oxygen atoms in total. The lowest BCUT2D eigenvalue weighted by Crippen LogP contribution is -2.23.